The van der Waals surface area contributed by atoms with Crippen molar-refractivity contribution in [2.45, 2.75) is 56.2 Å². The van der Waals surface area contributed by atoms with Gasteiger partial charge in [0, 0.05) is 23.8 Å². The van der Waals surface area contributed by atoms with Crippen molar-refractivity contribution in [2.75, 3.05) is 12.3 Å². The molecule has 2 atom stereocenters. The average Bonchev–Trinajstić information content (AvgIpc) is 3.06. The van der Waals surface area contributed by atoms with Crippen molar-refractivity contribution < 1.29 is 29.4 Å². The number of carbonyl (C=O) groups excluding carboxylic acids is 2. The van der Waals surface area contributed by atoms with Gasteiger partial charge < -0.3 is 20.8 Å². The van der Waals surface area contributed by atoms with Gasteiger partial charge in [0.2, 0.25) is 11.8 Å². The third-order valence-electron chi connectivity index (χ3n) is 3.62. The minimum atomic E-state index is -1.21. The molecule has 4 N–H and O–H groups in total. The minimum absolute atomic E-state index is 0.0809. The smallest absolute Gasteiger partial charge is 0.322 e. The maximum atomic E-state index is 12.0. The van der Waals surface area contributed by atoms with E-state index in [9.17, 15) is 19.2 Å². The molecule has 0 saturated carbocycles. The average molecular weight is 392 g/mol. The second kappa shape index (κ2) is 12.0. The molecule has 1 rings (SSSR count). The number of rotatable bonds is 12. The van der Waals surface area contributed by atoms with Crippen LogP contribution in [0.15, 0.2) is 0 Å². The zero-order valence-corrected chi connectivity index (χ0v) is 15.5. The molecule has 25 heavy (non-hydrogen) atoms. The molecular weight excluding hydrogens is 368 g/mol. The summed E-state index contributed by atoms with van der Waals surface area (Å²) in [5.74, 6) is -2.13. The Morgan fingerprint density at radius 1 is 1.08 bits per heavy atom. The highest BCUT2D eigenvalue weighted by molar-refractivity contribution is 8.77. The van der Waals surface area contributed by atoms with E-state index >= 15 is 0 Å². The van der Waals surface area contributed by atoms with Gasteiger partial charge in [-0.2, -0.15) is 0 Å². The number of hydrogen-bond donors (Lipinski definition) is 4. The molecule has 8 nitrogen and oxygen atoms in total. The van der Waals surface area contributed by atoms with Gasteiger partial charge in [-0.3, -0.25) is 19.2 Å². The minimum Gasteiger partial charge on any atom is -0.481 e. The number of hydrogen-bond acceptors (Lipinski definition) is 6. The van der Waals surface area contributed by atoms with Crippen LogP contribution in [-0.4, -0.2) is 57.6 Å². The van der Waals surface area contributed by atoms with Gasteiger partial charge in [0.1, 0.15) is 12.6 Å². The second-order valence-electron chi connectivity index (χ2n) is 5.74. The molecule has 0 bridgehead atoms. The first-order valence-corrected chi connectivity index (χ1v) is 10.6. The van der Waals surface area contributed by atoms with Crippen molar-refractivity contribution in [2.24, 2.45) is 0 Å². The van der Waals surface area contributed by atoms with Crippen molar-refractivity contribution in [3.8, 4) is 0 Å². The van der Waals surface area contributed by atoms with E-state index in [2.05, 4.69) is 10.6 Å². The van der Waals surface area contributed by atoms with Crippen molar-refractivity contribution in [1.82, 2.24) is 10.6 Å². The number of unbranched alkanes of at least 4 members (excludes halogenated alkanes) is 1. The first-order valence-electron chi connectivity index (χ1n) is 8.17. The maximum absolute atomic E-state index is 12.0. The summed E-state index contributed by atoms with van der Waals surface area (Å²) in [6, 6.07) is -1.04. The summed E-state index contributed by atoms with van der Waals surface area (Å²) in [7, 11) is 3.77. The van der Waals surface area contributed by atoms with Crippen LogP contribution in [0.5, 0.6) is 0 Å². The van der Waals surface area contributed by atoms with Gasteiger partial charge in [-0.15, -0.1) is 0 Å². The predicted octanol–water partition coefficient (Wildman–Crippen LogP) is 1.25. The summed E-state index contributed by atoms with van der Waals surface area (Å²) in [5.41, 5.74) is 0. The zero-order valence-electron chi connectivity index (χ0n) is 13.9. The molecule has 0 aromatic heterocycles. The highest BCUT2D eigenvalue weighted by Gasteiger charge is 2.22. The van der Waals surface area contributed by atoms with Gasteiger partial charge in [0.25, 0.3) is 0 Å². The molecule has 0 aromatic carbocycles. The monoisotopic (exact) mass is 392 g/mol. The Morgan fingerprint density at radius 2 is 1.84 bits per heavy atom. The first kappa shape index (κ1) is 21.6. The van der Waals surface area contributed by atoms with Crippen LogP contribution in [0.3, 0.4) is 0 Å². The van der Waals surface area contributed by atoms with E-state index in [1.54, 1.807) is 0 Å². The number of carboxylic acid groups (broad SMARTS) is 2. The summed E-state index contributed by atoms with van der Waals surface area (Å²) in [5, 5.41) is 22.6. The quantitative estimate of drug-likeness (QED) is 0.288. The van der Waals surface area contributed by atoms with E-state index in [-0.39, 0.29) is 25.2 Å². The molecule has 0 aliphatic carbocycles. The normalized spacial score (nSPS) is 17.7. The molecule has 10 heteroatoms. The van der Waals surface area contributed by atoms with Crippen LogP contribution >= 0.6 is 21.6 Å². The van der Waals surface area contributed by atoms with Crippen molar-refractivity contribution in [3.63, 3.8) is 0 Å². The molecule has 1 heterocycles. The fraction of sp³-hybridized carbons (Fsp3) is 0.733. The standard InChI is InChI=1S/C15H24N2O6S2/c18-12(4-2-1-3-10-7-8-24-25-10)17-11(5-6-13(19)20)15(23)16-9-14(21)22/h10-11H,1-9H2,(H,16,23)(H,17,18)(H,19,20)(H,21,22)/t10-,11-/m0/s1. The van der Waals surface area contributed by atoms with Crippen molar-refractivity contribution >= 4 is 45.3 Å². The second-order valence-corrected chi connectivity index (χ2v) is 8.53. The lowest BCUT2D eigenvalue weighted by molar-refractivity contribution is -0.140. The van der Waals surface area contributed by atoms with Crippen LogP contribution in [0.4, 0.5) is 0 Å². The van der Waals surface area contributed by atoms with Gasteiger partial charge in [-0.05, 0) is 25.7 Å². The van der Waals surface area contributed by atoms with Crippen molar-refractivity contribution in [1.29, 1.82) is 0 Å². The lowest BCUT2D eigenvalue weighted by Crippen LogP contribution is -2.48. The molecule has 1 fully saturated rings. The Labute approximate surface area is 154 Å². The predicted molar refractivity (Wildman–Crippen MR) is 96.4 cm³/mol. The molecule has 1 aliphatic rings. The summed E-state index contributed by atoms with van der Waals surface area (Å²) in [4.78, 5) is 45.1. The van der Waals surface area contributed by atoms with E-state index in [0.29, 0.717) is 11.7 Å². The molecule has 142 valence electrons. The largest absolute Gasteiger partial charge is 0.481 e. The van der Waals surface area contributed by atoms with Gasteiger partial charge in [0.05, 0.1) is 0 Å². The molecule has 0 spiro atoms. The Kier molecular flexibility index (Phi) is 10.4. The number of carboxylic acids is 2. The highest BCUT2D eigenvalue weighted by Crippen LogP contribution is 2.39. The SMILES string of the molecule is O=C(O)CC[C@H](NC(=O)CCCC[C@H]1CCSS1)C(=O)NCC(=O)O. The molecule has 2 amide bonds. The van der Waals surface area contributed by atoms with Gasteiger partial charge in [-0.1, -0.05) is 28.0 Å². The first-order chi connectivity index (χ1) is 11.9. The van der Waals surface area contributed by atoms with E-state index in [1.165, 1.54) is 12.2 Å². The zero-order chi connectivity index (χ0) is 18.7. The topological polar surface area (TPSA) is 133 Å². The lowest BCUT2D eigenvalue weighted by atomic mass is 10.1. The Balaban J connectivity index is 2.34. The summed E-state index contributed by atoms with van der Waals surface area (Å²) in [6.45, 7) is -0.574. The van der Waals surface area contributed by atoms with E-state index < -0.39 is 30.4 Å². The Hall–Kier alpha value is -1.42. The molecule has 1 aliphatic heterocycles. The van der Waals surface area contributed by atoms with Crippen LogP contribution in [0.25, 0.3) is 0 Å². The highest BCUT2D eigenvalue weighted by atomic mass is 33.1. The number of amides is 2. The molecule has 1 saturated heterocycles. The third-order valence-corrected chi connectivity index (χ3v) is 6.63. The van der Waals surface area contributed by atoms with E-state index in [1.807, 2.05) is 21.6 Å². The van der Waals surface area contributed by atoms with Gasteiger partial charge in [0.15, 0.2) is 0 Å². The molecular formula is C15H24N2O6S2. The maximum Gasteiger partial charge on any atom is 0.322 e. The van der Waals surface area contributed by atoms with Crippen LogP contribution in [0.2, 0.25) is 0 Å². The van der Waals surface area contributed by atoms with Crippen LogP contribution in [0.1, 0.15) is 44.9 Å². The fourth-order valence-electron chi connectivity index (χ4n) is 2.31. The van der Waals surface area contributed by atoms with E-state index in [4.69, 9.17) is 10.2 Å². The number of carbonyl (C=O) groups is 4. The number of aliphatic carboxylic acids is 2. The van der Waals surface area contributed by atoms with Crippen molar-refractivity contribution in [3.05, 3.63) is 0 Å². The summed E-state index contributed by atoms with van der Waals surface area (Å²) < 4.78 is 0. The Bertz CT molecular complexity index is 483. The third kappa shape index (κ3) is 10.2. The molecule has 0 aromatic rings. The van der Waals surface area contributed by atoms with Gasteiger partial charge >= 0.3 is 11.9 Å². The Morgan fingerprint density at radius 3 is 2.44 bits per heavy atom. The summed E-state index contributed by atoms with van der Waals surface area (Å²) in [6.07, 6.45) is 3.78. The van der Waals surface area contributed by atoms with Crippen LogP contribution in [0, 0.1) is 0 Å². The van der Waals surface area contributed by atoms with Gasteiger partial charge in [-0.25, -0.2) is 0 Å². The molecule has 0 radical (unpaired) electrons. The van der Waals surface area contributed by atoms with E-state index in [0.717, 1.165) is 12.8 Å². The summed E-state index contributed by atoms with van der Waals surface area (Å²) >= 11 is 0. The lowest BCUT2D eigenvalue weighted by Gasteiger charge is -2.17. The number of nitrogens with one attached hydrogen (secondary N) is 2. The van der Waals surface area contributed by atoms with Crippen LogP contribution < -0.4 is 10.6 Å². The molecule has 0 unspecified atom stereocenters. The van der Waals surface area contributed by atoms with Crippen LogP contribution in [-0.2, 0) is 19.2 Å². The fourth-order valence-corrected chi connectivity index (χ4v) is 5.34.